The maximum atomic E-state index is 11.9. The van der Waals surface area contributed by atoms with E-state index in [0.29, 0.717) is 17.1 Å². The number of carbonyl (C=O) groups excluding carboxylic acids is 1. The zero-order valence-corrected chi connectivity index (χ0v) is 11.6. The molecule has 0 saturated carbocycles. The van der Waals surface area contributed by atoms with Crippen LogP contribution in [0.3, 0.4) is 0 Å². The van der Waals surface area contributed by atoms with Gasteiger partial charge < -0.3 is 15.4 Å². The van der Waals surface area contributed by atoms with Crippen molar-refractivity contribution in [1.29, 1.82) is 0 Å². The third-order valence-electron chi connectivity index (χ3n) is 2.70. The normalized spacial score (nSPS) is 9.95. The average molecular weight is 272 g/mol. The van der Waals surface area contributed by atoms with Crippen molar-refractivity contribution in [1.82, 2.24) is 9.97 Å². The van der Waals surface area contributed by atoms with E-state index in [4.69, 9.17) is 4.74 Å². The van der Waals surface area contributed by atoms with Crippen molar-refractivity contribution in [3.8, 4) is 6.01 Å². The second-order valence-electron chi connectivity index (χ2n) is 4.20. The van der Waals surface area contributed by atoms with Crippen molar-refractivity contribution in [3.05, 3.63) is 41.7 Å². The highest BCUT2D eigenvalue weighted by Crippen LogP contribution is 2.19. The Kier molecular flexibility index (Phi) is 4.14. The quantitative estimate of drug-likeness (QED) is 0.900. The number of anilines is 2. The van der Waals surface area contributed by atoms with Crippen LogP contribution in [-0.4, -0.2) is 23.1 Å². The van der Waals surface area contributed by atoms with Gasteiger partial charge in [-0.15, -0.1) is 0 Å². The van der Waals surface area contributed by atoms with Crippen LogP contribution in [0.2, 0.25) is 0 Å². The number of amides is 2. The summed E-state index contributed by atoms with van der Waals surface area (Å²) in [4.78, 5) is 20.2. The van der Waals surface area contributed by atoms with Crippen molar-refractivity contribution in [2.75, 3.05) is 17.7 Å². The summed E-state index contributed by atoms with van der Waals surface area (Å²) in [6, 6.07) is 9.15. The molecule has 0 spiro atoms. The Morgan fingerprint density at radius 2 is 1.65 bits per heavy atom. The van der Waals surface area contributed by atoms with E-state index >= 15 is 0 Å². The van der Waals surface area contributed by atoms with Crippen LogP contribution in [0.15, 0.2) is 30.3 Å². The number of rotatable bonds is 3. The van der Waals surface area contributed by atoms with E-state index < -0.39 is 0 Å². The molecular weight excluding hydrogens is 256 g/mol. The summed E-state index contributed by atoms with van der Waals surface area (Å²) < 4.78 is 4.98. The molecule has 0 saturated heterocycles. The molecule has 0 radical (unpaired) electrons. The van der Waals surface area contributed by atoms with E-state index in [1.165, 1.54) is 7.11 Å². The van der Waals surface area contributed by atoms with Gasteiger partial charge in [0, 0.05) is 5.69 Å². The van der Waals surface area contributed by atoms with Crippen molar-refractivity contribution >= 4 is 17.4 Å². The Morgan fingerprint density at radius 3 is 2.20 bits per heavy atom. The summed E-state index contributed by atoms with van der Waals surface area (Å²) >= 11 is 0. The molecule has 1 aromatic carbocycles. The molecule has 0 atom stereocenters. The van der Waals surface area contributed by atoms with E-state index in [9.17, 15) is 4.79 Å². The van der Waals surface area contributed by atoms with Gasteiger partial charge in [0.25, 0.3) is 0 Å². The molecular formula is C14H16N4O2. The minimum absolute atomic E-state index is 0.286. The summed E-state index contributed by atoms with van der Waals surface area (Å²) in [6.07, 6.45) is 0. The lowest BCUT2D eigenvalue weighted by Crippen LogP contribution is -2.21. The summed E-state index contributed by atoms with van der Waals surface area (Å²) in [7, 11) is 1.50. The number of aromatic nitrogens is 2. The number of nitrogens with zero attached hydrogens (tertiary/aromatic N) is 2. The van der Waals surface area contributed by atoms with Crippen LogP contribution in [0.25, 0.3) is 0 Å². The van der Waals surface area contributed by atoms with E-state index in [2.05, 4.69) is 20.6 Å². The molecule has 0 fully saturated rings. The first-order valence-electron chi connectivity index (χ1n) is 6.12. The fourth-order valence-corrected chi connectivity index (χ4v) is 1.76. The highest BCUT2D eigenvalue weighted by atomic mass is 16.5. The highest BCUT2D eigenvalue weighted by molar-refractivity contribution is 6.00. The molecule has 2 N–H and O–H groups in total. The van der Waals surface area contributed by atoms with Crippen LogP contribution in [-0.2, 0) is 0 Å². The van der Waals surface area contributed by atoms with Crippen molar-refractivity contribution in [3.63, 3.8) is 0 Å². The lowest BCUT2D eigenvalue weighted by molar-refractivity contribution is 0.262. The van der Waals surface area contributed by atoms with Crippen LogP contribution in [0.1, 0.15) is 11.4 Å². The molecule has 0 aliphatic carbocycles. The van der Waals surface area contributed by atoms with Gasteiger partial charge in [-0.2, -0.15) is 9.97 Å². The van der Waals surface area contributed by atoms with Gasteiger partial charge in [0.05, 0.1) is 24.2 Å². The Balaban J connectivity index is 2.12. The lowest BCUT2D eigenvalue weighted by Gasteiger charge is -2.12. The zero-order valence-electron chi connectivity index (χ0n) is 11.6. The standard InChI is InChI=1S/C14H16N4O2/c1-9-12(10(2)16-14(15-9)20-3)18-13(19)17-11-7-5-4-6-8-11/h4-8H,1-3H3,(H2,17,18,19). The number of ether oxygens (including phenoxy) is 1. The van der Waals surface area contributed by atoms with Gasteiger partial charge in [-0.1, -0.05) is 18.2 Å². The van der Waals surface area contributed by atoms with E-state index in [-0.39, 0.29) is 12.0 Å². The van der Waals surface area contributed by atoms with Crippen LogP contribution in [0, 0.1) is 13.8 Å². The number of hydrogen-bond acceptors (Lipinski definition) is 4. The Hall–Kier alpha value is -2.63. The van der Waals surface area contributed by atoms with E-state index in [0.717, 1.165) is 5.69 Å². The van der Waals surface area contributed by atoms with Crippen molar-refractivity contribution < 1.29 is 9.53 Å². The van der Waals surface area contributed by atoms with Gasteiger partial charge in [0.15, 0.2) is 0 Å². The first-order chi connectivity index (χ1) is 9.60. The molecule has 6 nitrogen and oxygen atoms in total. The summed E-state index contributed by atoms with van der Waals surface area (Å²) in [5.41, 5.74) is 2.60. The summed E-state index contributed by atoms with van der Waals surface area (Å²) in [5, 5.41) is 5.48. The monoisotopic (exact) mass is 272 g/mol. The topological polar surface area (TPSA) is 76.1 Å². The Labute approximate surface area is 117 Å². The number of benzene rings is 1. The Morgan fingerprint density at radius 1 is 1.05 bits per heavy atom. The summed E-state index contributed by atoms with van der Waals surface area (Å²) in [6.45, 7) is 3.57. The molecule has 0 aliphatic rings. The van der Waals surface area contributed by atoms with Gasteiger partial charge >= 0.3 is 12.0 Å². The zero-order chi connectivity index (χ0) is 14.5. The van der Waals surface area contributed by atoms with Gasteiger partial charge in [-0.05, 0) is 26.0 Å². The van der Waals surface area contributed by atoms with Gasteiger partial charge in [-0.25, -0.2) is 4.79 Å². The number of urea groups is 1. The molecule has 2 amide bonds. The predicted octanol–water partition coefficient (Wildman–Crippen LogP) is 2.75. The van der Waals surface area contributed by atoms with E-state index in [1.807, 2.05) is 30.3 Å². The van der Waals surface area contributed by atoms with E-state index in [1.54, 1.807) is 13.8 Å². The molecule has 1 aromatic heterocycles. The Bertz CT molecular complexity index is 591. The fourth-order valence-electron chi connectivity index (χ4n) is 1.76. The van der Waals surface area contributed by atoms with Gasteiger partial charge in [0.1, 0.15) is 0 Å². The largest absolute Gasteiger partial charge is 0.467 e. The lowest BCUT2D eigenvalue weighted by atomic mass is 10.3. The molecule has 6 heteroatoms. The SMILES string of the molecule is COc1nc(C)c(NC(=O)Nc2ccccc2)c(C)n1. The van der Waals surface area contributed by atoms with Crippen molar-refractivity contribution in [2.24, 2.45) is 0 Å². The van der Waals surface area contributed by atoms with Crippen LogP contribution in [0.5, 0.6) is 6.01 Å². The number of nitrogens with one attached hydrogen (secondary N) is 2. The third-order valence-corrected chi connectivity index (χ3v) is 2.70. The molecule has 0 unspecified atom stereocenters. The molecule has 0 aliphatic heterocycles. The molecule has 2 aromatic rings. The first-order valence-corrected chi connectivity index (χ1v) is 6.12. The average Bonchev–Trinajstić information content (AvgIpc) is 2.43. The van der Waals surface area contributed by atoms with Gasteiger partial charge in [0.2, 0.25) is 0 Å². The number of carbonyl (C=O) groups is 1. The van der Waals surface area contributed by atoms with Crippen molar-refractivity contribution in [2.45, 2.75) is 13.8 Å². The second kappa shape index (κ2) is 6.01. The molecule has 2 rings (SSSR count). The number of para-hydroxylation sites is 1. The highest BCUT2D eigenvalue weighted by Gasteiger charge is 2.11. The molecule has 104 valence electrons. The predicted molar refractivity (Wildman–Crippen MR) is 77.1 cm³/mol. The first kappa shape index (κ1) is 13.8. The van der Waals surface area contributed by atoms with Crippen LogP contribution < -0.4 is 15.4 Å². The third kappa shape index (κ3) is 3.23. The van der Waals surface area contributed by atoms with Crippen LogP contribution >= 0.6 is 0 Å². The number of hydrogen-bond donors (Lipinski definition) is 2. The molecule has 1 heterocycles. The van der Waals surface area contributed by atoms with Gasteiger partial charge in [-0.3, -0.25) is 0 Å². The fraction of sp³-hybridized carbons (Fsp3) is 0.214. The minimum atomic E-state index is -0.337. The van der Waals surface area contributed by atoms with Crippen LogP contribution in [0.4, 0.5) is 16.2 Å². The number of methoxy groups -OCH3 is 1. The minimum Gasteiger partial charge on any atom is -0.467 e. The number of aryl methyl sites for hydroxylation is 2. The maximum Gasteiger partial charge on any atom is 0.323 e. The smallest absolute Gasteiger partial charge is 0.323 e. The maximum absolute atomic E-state index is 11.9. The summed E-state index contributed by atoms with van der Waals surface area (Å²) in [5.74, 6) is 0. The second-order valence-corrected chi connectivity index (χ2v) is 4.20. The molecule has 0 bridgehead atoms. The molecule has 20 heavy (non-hydrogen) atoms.